The molecule has 0 radical (unpaired) electrons. The quantitative estimate of drug-likeness (QED) is 0.758. The van der Waals surface area contributed by atoms with Crippen LogP contribution >= 0.6 is 11.6 Å². The summed E-state index contributed by atoms with van der Waals surface area (Å²) in [5.74, 6) is 0.636. The van der Waals surface area contributed by atoms with Gasteiger partial charge < -0.3 is 9.84 Å². The predicted octanol–water partition coefficient (Wildman–Crippen LogP) is 5.13. The van der Waals surface area contributed by atoms with Gasteiger partial charge in [-0.25, -0.2) is 4.98 Å². The summed E-state index contributed by atoms with van der Waals surface area (Å²) in [6.45, 7) is 1.64. The number of pyridine rings is 1. The molecule has 3 rings (SSSR count). The molecule has 1 aliphatic carbocycles. The SMILES string of the molecule is Cc1ccc(Oc2ccc(C3(C(F)(F)F)CC3)cc2Cl)nc1.O=CO. The van der Waals surface area contributed by atoms with Crippen molar-refractivity contribution in [1.29, 1.82) is 0 Å². The summed E-state index contributed by atoms with van der Waals surface area (Å²) in [7, 11) is 0. The third-order valence-electron chi connectivity index (χ3n) is 3.88. The minimum Gasteiger partial charge on any atom is -0.483 e. The van der Waals surface area contributed by atoms with E-state index in [0.29, 0.717) is 11.6 Å². The maximum Gasteiger partial charge on any atom is 0.398 e. The number of aryl methyl sites for hydroxylation is 1. The zero-order valence-electron chi connectivity index (χ0n) is 13.2. The summed E-state index contributed by atoms with van der Waals surface area (Å²) in [6, 6.07) is 7.73. The predicted molar refractivity (Wildman–Crippen MR) is 86.2 cm³/mol. The van der Waals surface area contributed by atoms with E-state index < -0.39 is 11.6 Å². The van der Waals surface area contributed by atoms with Gasteiger partial charge in [0.25, 0.3) is 6.47 Å². The van der Waals surface area contributed by atoms with E-state index in [2.05, 4.69) is 4.98 Å². The Labute approximate surface area is 147 Å². The fourth-order valence-corrected chi connectivity index (χ4v) is 2.59. The van der Waals surface area contributed by atoms with E-state index in [4.69, 9.17) is 26.2 Å². The highest BCUT2D eigenvalue weighted by Crippen LogP contribution is 2.59. The van der Waals surface area contributed by atoms with Crippen LogP contribution in [-0.2, 0) is 10.2 Å². The van der Waals surface area contributed by atoms with Gasteiger partial charge in [-0.15, -0.1) is 0 Å². The number of alkyl halides is 3. The van der Waals surface area contributed by atoms with Crippen molar-refractivity contribution in [2.24, 2.45) is 0 Å². The van der Waals surface area contributed by atoms with Gasteiger partial charge in [0.1, 0.15) is 5.75 Å². The Hall–Kier alpha value is -2.28. The lowest BCUT2D eigenvalue weighted by molar-refractivity contribution is -0.160. The summed E-state index contributed by atoms with van der Waals surface area (Å²) in [5.41, 5.74) is -0.569. The van der Waals surface area contributed by atoms with E-state index >= 15 is 0 Å². The van der Waals surface area contributed by atoms with Gasteiger partial charge in [0.2, 0.25) is 5.88 Å². The van der Waals surface area contributed by atoms with Gasteiger partial charge in [0.15, 0.2) is 0 Å². The number of hydrogen-bond donors (Lipinski definition) is 1. The van der Waals surface area contributed by atoms with E-state index in [0.717, 1.165) is 5.56 Å². The van der Waals surface area contributed by atoms with Crippen LogP contribution in [0.4, 0.5) is 13.2 Å². The van der Waals surface area contributed by atoms with E-state index in [-0.39, 0.29) is 29.9 Å². The van der Waals surface area contributed by atoms with Crippen LogP contribution in [0.5, 0.6) is 11.6 Å². The highest BCUT2D eigenvalue weighted by molar-refractivity contribution is 6.32. The van der Waals surface area contributed by atoms with Gasteiger partial charge in [-0.3, -0.25) is 4.79 Å². The van der Waals surface area contributed by atoms with Crippen LogP contribution in [0.1, 0.15) is 24.0 Å². The van der Waals surface area contributed by atoms with E-state index in [1.807, 2.05) is 13.0 Å². The van der Waals surface area contributed by atoms with Gasteiger partial charge in [0, 0.05) is 12.3 Å². The third kappa shape index (κ3) is 4.22. The molecular weight excluding hydrogens is 359 g/mol. The fourth-order valence-electron chi connectivity index (χ4n) is 2.37. The number of hydrogen-bond acceptors (Lipinski definition) is 3. The highest BCUT2D eigenvalue weighted by atomic mass is 35.5. The second kappa shape index (κ2) is 7.31. The molecule has 1 heterocycles. The molecular formula is C17H15ClF3NO3. The molecule has 1 N–H and O–H groups in total. The molecule has 8 heteroatoms. The Morgan fingerprint density at radius 3 is 2.36 bits per heavy atom. The molecule has 0 saturated heterocycles. The molecule has 1 aromatic heterocycles. The van der Waals surface area contributed by atoms with Gasteiger partial charge in [-0.2, -0.15) is 13.2 Å². The second-order valence-electron chi connectivity index (χ2n) is 5.61. The van der Waals surface area contributed by atoms with Gasteiger partial charge in [-0.1, -0.05) is 23.7 Å². The number of ether oxygens (including phenoxy) is 1. The first kappa shape index (κ1) is 19.1. The first-order chi connectivity index (χ1) is 11.7. The zero-order chi connectivity index (χ0) is 18.7. The largest absolute Gasteiger partial charge is 0.483 e. The zero-order valence-corrected chi connectivity index (χ0v) is 13.9. The fraction of sp³-hybridized carbons (Fsp3) is 0.294. The standard InChI is InChI=1S/C16H13ClF3NO.CH2O2/c1-10-2-5-14(21-9-10)22-13-4-3-11(8-12(13)17)15(6-7-15)16(18,19)20;2-1-3/h2-5,8-9H,6-7H2,1H3;1H,(H,2,3). The van der Waals surface area contributed by atoms with Crippen LogP contribution < -0.4 is 4.74 Å². The van der Waals surface area contributed by atoms with Crippen molar-refractivity contribution in [2.75, 3.05) is 0 Å². The lowest BCUT2D eigenvalue weighted by Gasteiger charge is -2.20. The summed E-state index contributed by atoms with van der Waals surface area (Å²) >= 11 is 6.07. The maximum absolute atomic E-state index is 13.1. The number of aromatic nitrogens is 1. The average molecular weight is 374 g/mol. The molecule has 0 bridgehead atoms. The van der Waals surface area contributed by atoms with Crippen LogP contribution in [0.3, 0.4) is 0 Å². The molecule has 1 aliphatic rings. The molecule has 0 unspecified atom stereocenters. The first-order valence-electron chi connectivity index (χ1n) is 7.28. The topological polar surface area (TPSA) is 59.4 Å². The van der Waals surface area contributed by atoms with Crippen LogP contribution in [-0.4, -0.2) is 22.7 Å². The van der Waals surface area contributed by atoms with Crippen molar-refractivity contribution in [3.8, 4) is 11.6 Å². The second-order valence-corrected chi connectivity index (χ2v) is 6.01. The van der Waals surface area contributed by atoms with Crippen molar-refractivity contribution < 1.29 is 27.8 Å². The van der Waals surface area contributed by atoms with Crippen molar-refractivity contribution in [2.45, 2.75) is 31.4 Å². The molecule has 1 saturated carbocycles. The Morgan fingerprint density at radius 2 is 1.92 bits per heavy atom. The molecule has 0 amide bonds. The molecule has 4 nitrogen and oxygen atoms in total. The summed E-state index contributed by atoms with van der Waals surface area (Å²) < 4.78 is 44.9. The Balaban J connectivity index is 0.000000701. The van der Waals surface area contributed by atoms with Crippen molar-refractivity contribution in [3.63, 3.8) is 0 Å². The number of benzene rings is 1. The Bertz CT molecular complexity index is 744. The molecule has 134 valence electrons. The first-order valence-corrected chi connectivity index (χ1v) is 7.66. The van der Waals surface area contributed by atoms with Crippen LogP contribution in [0.2, 0.25) is 5.02 Å². The normalized spacial score (nSPS) is 14.9. The maximum atomic E-state index is 13.1. The van der Waals surface area contributed by atoms with E-state index in [1.165, 1.54) is 18.2 Å². The molecule has 1 aromatic carbocycles. The number of carbonyl (C=O) groups is 1. The molecule has 2 aromatic rings. The van der Waals surface area contributed by atoms with E-state index in [9.17, 15) is 13.2 Å². The summed E-state index contributed by atoms with van der Waals surface area (Å²) in [6.07, 6.45) is -2.41. The highest BCUT2D eigenvalue weighted by Gasteiger charge is 2.64. The lowest BCUT2D eigenvalue weighted by Crippen LogP contribution is -2.28. The lowest BCUT2D eigenvalue weighted by atomic mass is 9.95. The Morgan fingerprint density at radius 1 is 1.28 bits per heavy atom. The van der Waals surface area contributed by atoms with Crippen LogP contribution in [0.15, 0.2) is 36.5 Å². The summed E-state index contributed by atoms with van der Waals surface area (Å²) in [5, 5.41) is 7.04. The molecule has 0 spiro atoms. The van der Waals surface area contributed by atoms with Crippen LogP contribution in [0.25, 0.3) is 0 Å². The average Bonchev–Trinajstić information content (AvgIpc) is 3.34. The van der Waals surface area contributed by atoms with Crippen molar-refractivity contribution >= 4 is 18.1 Å². The smallest absolute Gasteiger partial charge is 0.398 e. The van der Waals surface area contributed by atoms with Gasteiger partial charge in [-0.05, 0) is 43.0 Å². The molecule has 25 heavy (non-hydrogen) atoms. The van der Waals surface area contributed by atoms with Gasteiger partial charge in [0.05, 0.1) is 10.4 Å². The molecule has 1 fully saturated rings. The molecule has 0 atom stereocenters. The monoisotopic (exact) mass is 373 g/mol. The number of rotatable bonds is 3. The van der Waals surface area contributed by atoms with Crippen molar-refractivity contribution in [3.05, 3.63) is 52.7 Å². The van der Waals surface area contributed by atoms with Gasteiger partial charge >= 0.3 is 6.18 Å². The number of carboxylic acid groups (broad SMARTS) is 1. The van der Waals surface area contributed by atoms with Crippen LogP contribution in [0, 0.1) is 6.92 Å². The molecule has 0 aliphatic heterocycles. The van der Waals surface area contributed by atoms with Crippen molar-refractivity contribution in [1.82, 2.24) is 4.98 Å². The Kier molecular flexibility index (Phi) is 5.57. The third-order valence-corrected chi connectivity index (χ3v) is 4.17. The minimum absolute atomic E-state index is 0.104. The number of nitrogens with zero attached hydrogens (tertiary/aromatic N) is 1. The van der Waals surface area contributed by atoms with E-state index in [1.54, 1.807) is 12.3 Å². The number of halogens is 4. The summed E-state index contributed by atoms with van der Waals surface area (Å²) in [4.78, 5) is 12.4. The minimum atomic E-state index is -4.25.